The SMILES string of the molecule is CCOc1cc(/C=N/NC(=O)COc2ccc(Br)cc2Br)cc(Br)c1O. The summed E-state index contributed by atoms with van der Waals surface area (Å²) in [6, 6.07) is 8.66. The van der Waals surface area contributed by atoms with Gasteiger partial charge in [0.15, 0.2) is 18.1 Å². The van der Waals surface area contributed by atoms with E-state index in [9.17, 15) is 9.90 Å². The molecular formula is C17H15Br3N2O4. The number of rotatable bonds is 7. The molecule has 0 aromatic heterocycles. The number of phenolic OH excluding ortho intramolecular Hbond substituents is 1. The van der Waals surface area contributed by atoms with E-state index in [4.69, 9.17) is 9.47 Å². The number of amides is 1. The molecule has 26 heavy (non-hydrogen) atoms. The van der Waals surface area contributed by atoms with Crippen LogP contribution in [0.2, 0.25) is 0 Å². The van der Waals surface area contributed by atoms with Crippen molar-refractivity contribution in [3.8, 4) is 17.2 Å². The maximum Gasteiger partial charge on any atom is 0.277 e. The Morgan fingerprint density at radius 3 is 2.62 bits per heavy atom. The predicted molar refractivity (Wildman–Crippen MR) is 110 cm³/mol. The highest BCUT2D eigenvalue weighted by Crippen LogP contribution is 2.35. The molecule has 0 aliphatic rings. The van der Waals surface area contributed by atoms with Crippen molar-refractivity contribution < 1.29 is 19.4 Å². The first-order valence-corrected chi connectivity index (χ1v) is 9.83. The van der Waals surface area contributed by atoms with Crippen LogP contribution in [0.5, 0.6) is 17.2 Å². The molecule has 0 bridgehead atoms. The molecule has 2 aromatic carbocycles. The third-order valence-electron chi connectivity index (χ3n) is 3.01. The summed E-state index contributed by atoms with van der Waals surface area (Å²) >= 11 is 9.95. The van der Waals surface area contributed by atoms with Crippen molar-refractivity contribution in [1.29, 1.82) is 0 Å². The van der Waals surface area contributed by atoms with Crippen molar-refractivity contribution in [2.24, 2.45) is 5.10 Å². The number of carbonyl (C=O) groups is 1. The molecular weight excluding hydrogens is 536 g/mol. The van der Waals surface area contributed by atoms with Crippen LogP contribution in [0, 0.1) is 0 Å². The average molecular weight is 551 g/mol. The lowest BCUT2D eigenvalue weighted by molar-refractivity contribution is -0.123. The Balaban J connectivity index is 1.92. The molecule has 2 aromatic rings. The van der Waals surface area contributed by atoms with Crippen molar-refractivity contribution in [3.63, 3.8) is 0 Å². The molecule has 9 heteroatoms. The molecule has 138 valence electrons. The van der Waals surface area contributed by atoms with Gasteiger partial charge in [-0.15, -0.1) is 0 Å². The van der Waals surface area contributed by atoms with Crippen molar-refractivity contribution in [3.05, 3.63) is 49.3 Å². The number of hydrazone groups is 1. The van der Waals surface area contributed by atoms with Gasteiger partial charge in [-0.25, -0.2) is 5.43 Å². The van der Waals surface area contributed by atoms with Gasteiger partial charge in [-0.1, -0.05) is 15.9 Å². The molecule has 0 saturated carbocycles. The topological polar surface area (TPSA) is 80.2 Å². The molecule has 2 N–H and O–H groups in total. The number of nitrogens with one attached hydrogen (secondary N) is 1. The summed E-state index contributed by atoms with van der Waals surface area (Å²) in [6.07, 6.45) is 1.44. The van der Waals surface area contributed by atoms with E-state index in [-0.39, 0.29) is 12.4 Å². The summed E-state index contributed by atoms with van der Waals surface area (Å²) < 4.78 is 12.9. The monoisotopic (exact) mass is 548 g/mol. The van der Waals surface area contributed by atoms with Crippen molar-refractivity contribution in [1.82, 2.24) is 5.43 Å². The molecule has 2 rings (SSSR count). The second-order valence-electron chi connectivity index (χ2n) is 4.94. The van der Waals surface area contributed by atoms with Crippen molar-refractivity contribution in [2.75, 3.05) is 13.2 Å². The summed E-state index contributed by atoms with van der Waals surface area (Å²) in [6.45, 7) is 2.06. The molecule has 0 fully saturated rings. The second kappa shape index (κ2) is 9.94. The van der Waals surface area contributed by atoms with Gasteiger partial charge in [0.1, 0.15) is 5.75 Å². The van der Waals surface area contributed by atoms with Crippen LogP contribution in [0.15, 0.2) is 48.9 Å². The number of halogens is 3. The highest BCUT2D eigenvalue weighted by atomic mass is 79.9. The molecule has 0 saturated heterocycles. The molecule has 0 aliphatic carbocycles. The zero-order valence-electron chi connectivity index (χ0n) is 13.6. The summed E-state index contributed by atoms with van der Waals surface area (Å²) in [5.74, 6) is 0.495. The number of nitrogens with zero attached hydrogens (tertiary/aromatic N) is 1. The highest BCUT2D eigenvalue weighted by Gasteiger charge is 2.09. The van der Waals surface area contributed by atoms with Crippen LogP contribution in [0.1, 0.15) is 12.5 Å². The quantitative estimate of drug-likeness (QED) is 0.390. The third kappa shape index (κ3) is 6.00. The van der Waals surface area contributed by atoms with E-state index in [2.05, 4.69) is 58.3 Å². The fourth-order valence-electron chi connectivity index (χ4n) is 1.88. The smallest absolute Gasteiger partial charge is 0.277 e. The van der Waals surface area contributed by atoms with Crippen LogP contribution in [0.25, 0.3) is 0 Å². The van der Waals surface area contributed by atoms with E-state index in [1.807, 2.05) is 19.1 Å². The summed E-state index contributed by atoms with van der Waals surface area (Å²) in [7, 11) is 0. The molecule has 1 amide bonds. The second-order valence-corrected chi connectivity index (χ2v) is 7.56. The van der Waals surface area contributed by atoms with Crippen molar-refractivity contribution in [2.45, 2.75) is 6.92 Å². The predicted octanol–water partition coefficient (Wildman–Crippen LogP) is 4.61. The Kier molecular flexibility index (Phi) is 7.92. The van der Waals surface area contributed by atoms with Gasteiger partial charge >= 0.3 is 0 Å². The van der Waals surface area contributed by atoms with Crippen LogP contribution in [0.3, 0.4) is 0 Å². The lowest BCUT2D eigenvalue weighted by Gasteiger charge is -2.08. The van der Waals surface area contributed by atoms with Gasteiger partial charge in [-0.05, 0) is 74.7 Å². The Bertz CT molecular complexity index is 828. The first-order valence-electron chi connectivity index (χ1n) is 7.45. The van der Waals surface area contributed by atoms with Gasteiger partial charge in [-0.3, -0.25) is 4.79 Å². The minimum atomic E-state index is -0.404. The number of hydrogen-bond acceptors (Lipinski definition) is 5. The maximum absolute atomic E-state index is 11.8. The fraction of sp³-hybridized carbons (Fsp3) is 0.176. The first-order chi connectivity index (χ1) is 12.4. The van der Waals surface area contributed by atoms with Crippen LogP contribution >= 0.6 is 47.8 Å². The average Bonchev–Trinajstić information content (AvgIpc) is 2.58. The third-order valence-corrected chi connectivity index (χ3v) is 4.72. The highest BCUT2D eigenvalue weighted by molar-refractivity contribution is 9.11. The minimum Gasteiger partial charge on any atom is -0.503 e. The zero-order valence-corrected chi connectivity index (χ0v) is 18.4. The van der Waals surface area contributed by atoms with Crippen LogP contribution in [0.4, 0.5) is 0 Å². The summed E-state index contributed by atoms with van der Waals surface area (Å²) in [5.41, 5.74) is 3.03. The summed E-state index contributed by atoms with van der Waals surface area (Å²) in [5, 5.41) is 13.8. The van der Waals surface area contributed by atoms with Crippen LogP contribution in [-0.4, -0.2) is 30.4 Å². The molecule has 0 spiro atoms. The Labute approximate surface area is 176 Å². The number of aromatic hydroxyl groups is 1. The van der Waals surface area contributed by atoms with E-state index in [1.54, 1.807) is 18.2 Å². The standard InChI is InChI=1S/C17H15Br3N2O4/c1-2-25-15-6-10(5-13(20)17(15)24)8-21-22-16(23)9-26-14-4-3-11(18)7-12(14)19/h3-8,24H,2,9H2,1H3,(H,22,23)/b21-8+. The largest absolute Gasteiger partial charge is 0.503 e. The molecule has 0 unspecified atom stereocenters. The molecule has 0 atom stereocenters. The van der Waals surface area contributed by atoms with E-state index in [1.165, 1.54) is 6.21 Å². The molecule has 0 heterocycles. The minimum absolute atomic E-state index is 0.0153. The molecule has 0 radical (unpaired) electrons. The number of benzene rings is 2. The van der Waals surface area contributed by atoms with E-state index >= 15 is 0 Å². The van der Waals surface area contributed by atoms with Gasteiger partial charge in [0.05, 0.1) is 21.8 Å². The first kappa shape index (κ1) is 20.7. The summed E-state index contributed by atoms with van der Waals surface area (Å²) in [4.78, 5) is 11.8. The normalized spacial score (nSPS) is 10.8. The Morgan fingerprint density at radius 1 is 1.15 bits per heavy atom. The van der Waals surface area contributed by atoms with E-state index < -0.39 is 5.91 Å². The van der Waals surface area contributed by atoms with Gasteiger partial charge in [0.2, 0.25) is 0 Å². The van der Waals surface area contributed by atoms with E-state index in [0.717, 1.165) is 8.95 Å². The number of hydrogen-bond donors (Lipinski definition) is 2. The lowest BCUT2D eigenvalue weighted by Crippen LogP contribution is -2.24. The lowest BCUT2D eigenvalue weighted by atomic mass is 10.2. The number of ether oxygens (including phenoxy) is 2. The van der Waals surface area contributed by atoms with Crippen molar-refractivity contribution >= 4 is 59.9 Å². The van der Waals surface area contributed by atoms with Gasteiger partial charge in [-0.2, -0.15) is 5.10 Å². The van der Waals surface area contributed by atoms with Gasteiger partial charge < -0.3 is 14.6 Å². The fourth-order valence-corrected chi connectivity index (χ4v) is 3.50. The van der Waals surface area contributed by atoms with E-state index in [0.29, 0.717) is 28.1 Å². The maximum atomic E-state index is 11.8. The van der Waals surface area contributed by atoms with Crippen LogP contribution < -0.4 is 14.9 Å². The van der Waals surface area contributed by atoms with Gasteiger partial charge in [0, 0.05) is 4.47 Å². The number of carbonyl (C=O) groups excluding carboxylic acids is 1. The zero-order chi connectivity index (χ0) is 19.1. The molecule has 6 nitrogen and oxygen atoms in total. The Hall–Kier alpha value is -1.58. The number of phenols is 1. The molecule has 0 aliphatic heterocycles. The van der Waals surface area contributed by atoms with Crippen LogP contribution in [-0.2, 0) is 4.79 Å². The Morgan fingerprint density at radius 2 is 1.92 bits per heavy atom. The van der Waals surface area contributed by atoms with Gasteiger partial charge in [0.25, 0.3) is 5.91 Å².